The fourth-order valence-electron chi connectivity index (χ4n) is 2.78. The van der Waals surface area contributed by atoms with E-state index in [4.69, 9.17) is 9.47 Å². The zero-order chi connectivity index (χ0) is 14.5. The molecule has 2 aliphatic rings. The van der Waals surface area contributed by atoms with E-state index in [2.05, 4.69) is 4.98 Å². The quantitative estimate of drug-likeness (QED) is 0.594. The number of hydrogen-bond donors (Lipinski definition) is 3. The molecule has 110 valence electrons. The molecule has 2 fully saturated rings. The number of nitrogens with one attached hydrogen (secondary N) is 1. The third-order valence-electron chi connectivity index (χ3n) is 4.01. The Balaban J connectivity index is 2.06. The van der Waals surface area contributed by atoms with E-state index >= 15 is 0 Å². The first kappa shape index (κ1) is 13.5. The molecule has 1 aromatic heterocycles. The summed E-state index contributed by atoms with van der Waals surface area (Å²) in [6.45, 7) is 1.53. The van der Waals surface area contributed by atoms with Gasteiger partial charge < -0.3 is 19.7 Å². The Morgan fingerprint density at radius 2 is 2.30 bits per heavy atom. The van der Waals surface area contributed by atoms with Gasteiger partial charge in [-0.15, -0.1) is 0 Å². The Kier molecular flexibility index (Phi) is 3.05. The summed E-state index contributed by atoms with van der Waals surface area (Å²) in [6, 6.07) is 0. The first-order valence-corrected chi connectivity index (χ1v) is 6.39. The lowest BCUT2D eigenvalue weighted by Gasteiger charge is -2.33. The van der Waals surface area contributed by atoms with Crippen molar-refractivity contribution in [3.63, 3.8) is 0 Å². The number of fused-ring (bicyclic) bond motifs is 2. The molecule has 4 atom stereocenters. The normalized spacial score (nSPS) is 36.2. The molecule has 1 aromatic rings. The van der Waals surface area contributed by atoms with Crippen LogP contribution in [-0.2, 0) is 9.47 Å². The molecular formula is C12H16N2O6. The van der Waals surface area contributed by atoms with Gasteiger partial charge in [0.05, 0.1) is 13.2 Å². The summed E-state index contributed by atoms with van der Waals surface area (Å²) in [6.07, 6.45) is -0.936. The summed E-state index contributed by atoms with van der Waals surface area (Å²) in [5.41, 5.74) is -1.87. The van der Waals surface area contributed by atoms with Crippen molar-refractivity contribution in [2.45, 2.75) is 37.4 Å². The van der Waals surface area contributed by atoms with E-state index in [0.29, 0.717) is 18.6 Å². The van der Waals surface area contributed by atoms with Crippen LogP contribution in [0.25, 0.3) is 0 Å². The minimum atomic E-state index is -1.11. The SMILES string of the molecule is Cc1cn([C@@H]2O[C@@]3(CO)CCOC2C3O)c(=O)[nH]c1=O. The van der Waals surface area contributed by atoms with Crippen LogP contribution in [0.1, 0.15) is 18.2 Å². The lowest BCUT2D eigenvalue weighted by molar-refractivity contribution is -0.144. The van der Waals surface area contributed by atoms with E-state index in [1.807, 2.05) is 0 Å². The molecule has 8 nitrogen and oxygen atoms in total. The maximum absolute atomic E-state index is 11.9. The summed E-state index contributed by atoms with van der Waals surface area (Å²) < 4.78 is 12.4. The van der Waals surface area contributed by atoms with Crippen molar-refractivity contribution >= 4 is 0 Å². The third-order valence-corrected chi connectivity index (χ3v) is 4.01. The first-order chi connectivity index (χ1) is 9.48. The van der Waals surface area contributed by atoms with Gasteiger partial charge in [0, 0.05) is 18.2 Å². The smallest absolute Gasteiger partial charge is 0.330 e. The molecule has 8 heteroatoms. The lowest BCUT2D eigenvalue weighted by atomic mass is 9.90. The molecule has 3 N–H and O–H groups in total. The molecule has 20 heavy (non-hydrogen) atoms. The van der Waals surface area contributed by atoms with Crippen LogP contribution in [0.15, 0.2) is 15.8 Å². The molecule has 0 radical (unpaired) electrons. The van der Waals surface area contributed by atoms with E-state index in [1.54, 1.807) is 6.92 Å². The van der Waals surface area contributed by atoms with Crippen molar-refractivity contribution in [1.29, 1.82) is 0 Å². The molecule has 3 rings (SSSR count). The van der Waals surface area contributed by atoms with Gasteiger partial charge in [-0.1, -0.05) is 0 Å². The maximum Gasteiger partial charge on any atom is 0.330 e. The van der Waals surface area contributed by atoms with Gasteiger partial charge in [-0.25, -0.2) is 4.79 Å². The number of hydrogen-bond acceptors (Lipinski definition) is 6. The van der Waals surface area contributed by atoms with Crippen molar-refractivity contribution < 1.29 is 19.7 Å². The average Bonchev–Trinajstić information content (AvgIpc) is 2.60. The van der Waals surface area contributed by atoms with E-state index in [1.165, 1.54) is 10.8 Å². The number of aromatic amines is 1. The van der Waals surface area contributed by atoms with Gasteiger partial charge in [0.1, 0.15) is 17.8 Å². The van der Waals surface area contributed by atoms with Crippen molar-refractivity contribution in [3.05, 3.63) is 32.6 Å². The second-order valence-corrected chi connectivity index (χ2v) is 5.24. The van der Waals surface area contributed by atoms with Crippen molar-refractivity contribution in [2.75, 3.05) is 13.2 Å². The van der Waals surface area contributed by atoms with Gasteiger partial charge in [0.2, 0.25) is 0 Å². The van der Waals surface area contributed by atoms with Crippen LogP contribution in [0, 0.1) is 6.92 Å². The lowest BCUT2D eigenvalue weighted by Crippen LogP contribution is -2.51. The molecule has 0 spiro atoms. The summed E-state index contributed by atoms with van der Waals surface area (Å²) >= 11 is 0. The Hall–Kier alpha value is -1.48. The molecule has 2 saturated heterocycles. The molecule has 0 saturated carbocycles. The summed E-state index contributed by atoms with van der Waals surface area (Å²) in [4.78, 5) is 25.5. The molecule has 3 heterocycles. The van der Waals surface area contributed by atoms with Crippen LogP contribution in [-0.4, -0.2) is 50.8 Å². The van der Waals surface area contributed by atoms with Crippen LogP contribution in [0.2, 0.25) is 0 Å². The highest BCUT2D eigenvalue weighted by atomic mass is 16.6. The number of ether oxygens (including phenoxy) is 2. The Morgan fingerprint density at radius 1 is 1.55 bits per heavy atom. The van der Waals surface area contributed by atoms with Crippen LogP contribution >= 0.6 is 0 Å². The molecule has 0 aliphatic carbocycles. The van der Waals surface area contributed by atoms with Gasteiger partial charge >= 0.3 is 5.69 Å². The van der Waals surface area contributed by atoms with E-state index in [9.17, 15) is 19.8 Å². The van der Waals surface area contributed by atoms with Crippen molar-refractivity contribution in [2.24, 2.45) is 0 Å². The number of aliphatic hydroxyl groups is 2. The highest BCUT2D eigenvalue weighted by Gasteiger charge is 2.58. The largest absolute Gasteiger partial charge is 0.393 e. The topological polar surface area (TPSA) is 114 Å². The number of rotatable bonds is 2. The molecule has 2 aliphatic heterocycles. The van der Waals surface area contributed by atoms with E-state index < -0.39 is 35.3 Å². The summed E-state index contributed by atoms with van der Waals surface area (Å²) in [7, 11) is 0. The van der Waals surface area contributed by atoms with Crippen LogP contribution in [0.4, 0.5) is 0 Å². The van der Waals surface area contributed by atoms with Gasteiger partial charge in [-0.05, 0) is 6.92 Å². The number of nitrogens with zero attached hydrogens (tertiary/aromatic N) is 1. The number of aliphatic hydroxyl groups excluding tert-OH is 2. The van der Waals surface area contributed by atoms with Gasteiger partial charge in [0.25, 0.3) is 5.56 Å². The molecule has 0 aromatic carbocycles. The van der Waals surface area contributed by atoms with Gasteiger partial charge in [-0.2, -0.15) is 0 Å². The van der Waals surface area contributed by atoms with Crippen molar-refractivity contribution in [1.82, 2.24) is 9.55 Å². The maximum atomic E-state index is 11.9. The fourth-order valence-corrected chi connectivity index (χ4v) is 2.78. The number of H-pyrrole nitrogens is 1. The zero-order valence-electron chi connectivity index (χ0n) is 10.9. The standard InChI is InChI=1S/C12H16N2O6/c1-6-4-14(11(18)13-9(6)17)10-7-8(16)12(5-15,20-10)2-3-19-7/h4,7-8,10,15-16H,2-3,5H2,1H3,(H,13,17,18)/t7?,8?,10-,12-/m1/s1. The van der Waals surface area contributed by atoms with Gasteiger partial charge in [-0.3, -0.25) is 14.3 Å². The molecule has 2 bridgehead atoms. The monoisotopic (exact) mass is 284 g/mol. The number of aromatic nitrogens is 2. The van der Waals surface area contributed by atoms with Crippen molar-refractivity contribution in [3.8, 4) is 0 Å². The minimum Gasteiger partial charge on any atom is -0.393 e. The Labute approximate surface area is 113 Å². The van der Waals surface area contributed by atoms with Gasteiger partial charge in [0.15, 0.2) is 6.23 Å². The molecular weight excluding hydrogens is 268 g/mol. The average molecular weight is 284 g/mol. The van der Waals surface area contributed by atoms with E-state index in [0.717, 1.165) is 0 Å². The van der Waals surface area contributed by atoms with Crippen LogP contribution in [0.5, 0.6) is 0 Å². The predicted octanol–water partition coefficient (Wildman–Crippen LogP) is -1.75. The Bertz CT molecular complexity index is 638. The van der Waals surface area contributed by atoms with Crippen LogP contribution < -0.4 is 11.2 Å². The predicted molar refractivity (Wildman–Crippen MR) is 66.4 cm³/mol. The fraction of sp³-hybridized carbons (Fsp3) is 0.667. The highest BCUT2D eigenvalue weighted by Crippen LogP contribution is 2.43. The second kappa shape index (κ2) is 4.52. The second-order valence-electron chi connectivity index (χ2n) is 5.24. The summed E-state index contributed by atoms with van der Waals surface area (Å²) in [5, 5.41) is 19.7. The highest BCUT2D eigenvalue weighted by molar-refractivity contribution is 5.07. The molecule has 2 unspecified atom stereocenters. The van der Waals surface area contributed by atoms with Crippen LogP contribution in [0.3, 0.4) is 0 Å². The summed E-state index contributed by atoms with van der Waals surface area (Å²) in [5.74, 6) is 0. The minimum absolute atomic E-state index is 0.329. The zero-order valence-corrected chi connectivity index (χ0v) is 10.9. The van der Waals surface area contributed by atoms with E-state index in [-0.39, 0.29) is 6.61 Å². The first-order valence-electron chi connectivity index (χ1n) is 6.39. The number of aryl methyl sites for hydroxylation is 1. The molecule has 0 amide bonds. The Morgan fingerprint density at radius 3 is 2.95 bits per heavy atom. The third kappa shape index (κ3) is 1.76.